The minimum atomic E-state index is -0.704. The third kappa shape index (κ3) is 2.76. The Balaban J connectivity index is 2.15. The lowest BCUT2D eigenvalue weighted by Crippen LogP contribution is -2.09. The van der Waals surface area contributed by atoms with Gasteiger partial charge in [0.2, 0.25) is 0 Å². The molecule has 0 amide bonds. The van der Waals surface area contributed by atoms with Gasteiger partial charge in [0.05, 0.1) is 12.2 Å². The number of halogens is 2. The first kappa shape index (κ1) is 11.9. The Bertz CT molecular complexity index is 527. The van der Waals surface area contributed by atoms with Crippen LogP contribution >= 0.6 is 11.3 Å². The maximum Gasteiger partial charge on any atom is 0.168 e. The molecule has 0 aliphatic rings. The van der Waals surface area contributed by atoms with Gasteiger partial charge in [0.25, 0.3) is 0 Å². The summed E-state index contributed by atoms with van der Waals surface area (Å²) in [4.78, 5) is 7.95. The van der Waals surface area contributed by atoms with Crippen LogP contribution in [0.3, 0.4) is 0 Å². The van der Waals surface area contributed by atoms with Crippen molar-refractivity contribution in [3.63, 3.8) is 0 Å². The van der Waals surface area contributed by atoms with Crippen molar-refractivity contribution >= 4 is 17.2 Å². The molecule has 1 unspecified atom stereocenters. The number of thiazole rings is 1. The maximum atomic E-state index is 13.3. The lowest BCUT2D eigenvalue weighted by Gasteiger charge is -2.12. The molecular weight excluding hydrogens is 244 g/mol. The fourth-order valence-corrected chi connectivity index (χ4v) is 2.16. The number of nitrogens with zero attached hydrogens (tertiary/aromatic N) is 2. The van der Waals surface area contributed by atoms with Gasteiger partial charge in [-0.05, 0) is 13.8 Å². The molecule has 0 aliphatic carbocycles. The zero-order valence-corrected chi connectivity index (χ0v) is 10.2. The van der Waals surface area contributed by atoms with Crippen molar-refractivity contribution in [2.45, 2.75) is 19.9 Å². The summed E-state index contributed by atoms with van der Waals surface area (Å²) in [6, 6.07) is 0.635. The Morgan fingerprint density at radius 3 is 2.76 bits per heavy atom. The van der Waals surface area contributed by atoms with Crippen LogP contribution in [0.4, 0.5) is 14.6 Å². The van der Waals surface area contributed by atoms with Crippen LogP contribution in [0.5, 0.6) is 0 Å². The zero-order chi connectivity index (χ0) is 12.4. The highest BCUT2D eigenvalue weighted by molar-refractivity contribution is 7.09. The predicted molar refractivity (Wildman–Crippen MR) is 63.0 cm³/mol. The Hall–Kier alpha value is -1.56. The smallest absolute Gasteiger partial charge is 0.168 e. The van der Waals surface area contributed by atoms with Crippen molar-refractivity contribution in [1.82, 2.24) is 9.97 Å². The van der Waals surface area contributed by atoms with E-state index in [4.69, 9.17) is 0 Å². The second-order valence-corrected chi connectivity index (χ2v) is 4.57. The highest BCUT2D eigenvalue weighted by atomic mass is 32.1. The van der Waals surface area contributed by atoms with Gasteiger partial charge in [0, 0.05) is 17.1 Å². The van der Waals surface area contributed by atoms with E-state index < -0.39 is 11.6 Å². The molecule has 6 heteroatoms. The van der Waals surface area contributed by atoms with Gasteiger partial charge in [0.15, 0.2) is 11.6 Å². The number of aryl methyl sites for hydroxylation is 1. The fraction of sp³-hybridized carbons (Fsp3) is 0.273. The summed E-state index contributed by atoms with van der Waals surface area (Å²) in [5.41, 5.74) is 0.922. The van der Waals surface area contributed by atoms with E-state index in [-0.39, 0.29) is 11.9 Å². The molecule has 0 radical (unpaired) electrons. The van der Waals surface area contributed by atoms with E-state index in [1.54, 1.807) is 0 Å². The summed E-state index contributed by atoms with van der Waals surface area (Å²) in [7, 11) is 0. The summed E-state index contributed by atoms with van der Waals surface area (Å²) in [6.07, 6.45) is 0.977. The second-order valence-electron chi connectivity index (χ2n) is 3.68. The van der Waals surface area contributed by atoms with Crippen LogP contribution < -0.4 is 5.32 Å². The molecule has 2 rings (SSSR count). The molecule has 0 saturated carbocycles. The van der Waals surface area contributed by atoms with Crippen LogP contribution in [0.15, 0.2) is 17.6 Å². The molecule has 1 N–H and O–H groups in total. The first-order chi connectivity index (χ1) is 8.06. The van der Waals surface area contributed by atoms with E-state index in [1.807, 2.05) is 19.2 Å². The van der Waals surface area contributed by atoms with E-state index >= 15 is 0 Å². The monoisotopic (exact) mass is 255 g/mol. The number of nitrogens with one attached hydrogen (secondary N) is 1. The Morgan fingerprint density at radius 1 is 1.41 bits per heavy atom. The summed E-state index contributed by atoms with van der Waals surface area (Å²) >= 11 is 1.49. The van der Waals surface area contributed by atoms with Crippen LogP contribution in [-0.4, -0.2) is 9.97 Å². The number of hydrogen-bond donors (Lipinski definition) is 1. The third-order valence-electron chi connectivity index (χ3n) is 2.17. The van der Waals surface area contributed by atoms with Crippen LogP contribution in [0.2, 0.25) is 0 Å². The van der Waals surface area contributed by atoms with E-state index in [9.17, 15) is 8.78 Å². The van der Waals surface area contributed by atoms with Crippen molar-refractivity contribution in [1.29, 1.82) is 0 Å². The Labute approximate surface area is 102 Å². The number of pyridine rings is 1. The van der Waals surface area contributed by atoms with Crippen molar-refractivity contribution in [2.75, 3.05) is 5.32 Å². The molecule has 90 valence electrons. The van der Waals surface area contributed by atoms with Crippen molar-refractivity contribution in [3.8, 4) is 0 Å². The first-order valence-electron chi connectivity index (χ1n) is 5.06. The van der Waals surface area contributed by atoms with Crippen molar-refractivity contribution in [3.05, 3.63) is 40.0 Å². The van der Waals surface area contributed by atoms with Gasteiger partial charge in [-0.15, -0.1) is 11.3 Å². The average Bonchev–Trinajstić information content (AvgIpc) is 2.69. The van der Waals surface area contributed by atoms with Gasteiger partial charge < -0.3 is 5.32 Å². The molecule has 0 aliphatic heterocycles. The van der Waals surface area contributed by atoms with E-state index in [0.717, 1.165) is 23.0 Å². The van der Waals surface area contributed by atoms with Crippen LogP contribution in [0.1, 0.15) is 23.7 Å². The normalized spacial score (nSPS) is 12.5. The molecule has 0 bridgehead atoms. The molecule has 0 aromatic carbocycles. The standard InChI is InChI=1S/C11H11F2N3S/c1-6-5-17-11(15-6)7(2)16-10-9(13)3-8(12)4-14-10/h3-5,7H,1-2H3,(H,14,16). The second kappa shape index (κ2) is 4.75. The van der Waals surface area contributed by atoms with Crippen LogP contribution in [0.25, 0.3) is 0 Å². The third-order valence-corrected chi connectivity index (χ3v) is 3.31. The lowest BCUT2D eigenvalue weighted by molar-refractivity contribution is 0.574. The minimum absolute atomic E-state index is 0.0340. The van der Waals surface area contributed by atoms with Crippen LogP contribution in [-0.2, 0) is 0 Å². The van der Waals surface area contributed by atoms with E-state index in [2.05, 4.69) is 15.3 Å². The Morgan fingerprint density at radius 2 is 2.18 bits per heavy atom. The predicted octanol–water partition coefficient (Wildman–Crippen LogP) is 3.30. The van der Waals surface area contributed by atoms with E-state index in [1.165, 1.54) is 11.3 Å². The van der Waals surface area contributed by atoms with Gasteiger partial charge in [-0.3, -0.25) is 0 Å². The SMILES string of the molecule is Cc1csc(C(C)Nc2ncc(F)cc2F)n1. The molecule has 1 atom stereocenters. The Kier molecular flexibility index (Phi) is 3.33. The maximum absolute atomic E-state index is 13.3. The summed E-state index contributed by atoms with van der Waals surface area (Å²) in [6.45, 7) is 3.74. The first-order valence-corrected chi connectivity index (χ1v) is 5.94. The molecule has 0 saturated heterocycles. The molecule has 0 spiro atoms. The van der Waals surface area contributed by atoms with Crippen molar-refractivity contribution < 1.29 is 8.78 Å². The number of rotatable bonds is 3. The summed E-state index contributed by atoms with van der Waals surface area (Å²) in [5, 5.41) is 5.62. The molecule has 3 nitrogen and oxygen atoms in total. The number of anilines is 1. The van der Waals surface area contributed by atoms with Gasteiger partial charge in [-0.2, -0.15) is 0 Å². The minimum Gasteiger partial charge on any atom is -0.359 e. The van der Waals surface area contributed by atoms with Gasteiger partial charge in [-0.1, -0.05) is 0 Å². The van der Waals surface area contributed by atoms with Gasteiger partial charge in [0.1, 0.15) is 10.8 Å². The summed E-state index contributed by atoms with van der Waals surface area (Å²) < 4.78 is 26.0. The van der Waals surface area contributed by atoms with Gasteiger partial charge >= 0.3 is 0 Å². The molecule has 2 aromatic heterocycles. The molecule has 0 fully saturated rings. The largest absolute Gasteiger partial charge is 0.359 e. The molecule has 2 aromatic rings. The van der Waals surface area contributed by atoms with Crippen molar-refractivity contribution in [2.24, 2.45) is 0 Å². The molecule has 2 heterocycles. The summed E-state index contributed by atoms with van der Waals surface area (Å²) in [5.74, 6) is -1.36. The molecular formula is C11H11F2N3S. The molecule has 17 heavy (non-hydrogen) atoms. The number of aromatic nitrogens is 2. The van der Waals surface area contributed by atoms with Gasteiger partial charge in [-0.25, -0.2) is 18.7 Å². The quantitative estimate of drug-likeness (QED) is 0.914. The highest BCUT2D eigenvalue weighted by Gasteiger charge is 2.12. The van der Waals surface area contributed by atoms with Crippen LogP contribution in [0, 0.1) is 18.6 Å². The zero-order valence-electron chi connectivity index (χ0n) is 9.37. The fourth-order valence-electron chi connectivity index (χ4n) is 1.36. The number of hydrogen-bond acceptors (Lipinski definition) is 4. The average molecular weight is 255 g/mol. The lowest BCUT2D eigenvalue weighted by atomic mass is 10.3. The van der Waals surface area contributed by atoms with E-state index in [0.29, 0.717) is 0 Å². The highest BCUT2D eigenvalue weighted by Crippen LogP contribution is 2.22. The topological polar surface area (TPSA) is 37.8 Å².